The molecule has 0 atom stereocenters. The first-order valence-corrected chi connectivity index (χ1v) is 6.52. The Bertz CT molecular complexity index is 667. The summed E-state index contributed by atoms with van der Waals surface area (Å²) in [6, 6.07) is 10.8. The maximum absolute atomic E-state index is 11.0. The number of benzene rings is 2. The molecule has 0 spiro atoms. The zero-order valence-electron chi connectivity index (χ0n) is 12.3. The third-order valence-electron chi connectivity index (χ3n) is 3.18. The van der Waals surface area contributed by atoms with Crippen molar-refractivity contribution in [1.82, 2.24) is 0 Å². The van der Waals surface area contributed by atoms with Gasteiger partial charge in [0.15, 0.2) is 5.75 Å². The molecule has 0 aliphatic carbocycles. The van der Waals surface area contributed by atoms with Crippen LogP contribution in [0.2, 0.25) is 0 Å². The molecule has 0 bridgehead atoms. The number of nitrogens with zero attached hydrogens (tertiary/aromatic N) is 1. The van der Waals surface area contributed by atoms with Crippen molar-refractivity contribution < 1.29 is 14.4 Å². The molecule has 2 aromatic rings. The SMILES string of the molecule is COc1ccc(COc2cc(C)ccc2C)cc1[N+](=O)[O-]. The zero-order valence-corrected chi connectivity index (χ0v) is 12.3. The summed E-state index contributed by atoms with van der Waals surface area (Å²) in [6.07, 6.45) is 0. The van der Waals surface area contributed by atoms with E-state index in [1.165, 1.54) is 13.2 Å². The molecule has 0 aliphatic heterocycles. The van der Waals surface area contributed by atoms with Gasteiger partial charge in [-0.15, -0.1) is 0 Å². The van der Waals surface area contributed by atoms with Gasteiger partial charge in [-0.3, -0.25) is 10.1 Å². The van der Waals surface area contributed by atoms with Gasteiger partial charge in [-0.2, -0.15) is 0 Å². The van der Waals surface area contributed by atoms with Crippen LogP contribution in [-0.2, 0) is 6.61 Å². The fourth-order valence-corrected chi connectivity index (χ4v) is 1.99. The Morgan fingerprint density at radius 2 is 1.86 bits per heavy atom. The molecular weight excluding hydrogens is 270 g/mol. The monoisotopic (exact) mass is 287 g/mol. The van der Waals surface area contributed by atoms with Crippen molar-refractivity contribution in [2.45, 2.75) is 20.5 Å². The molecule has 0 radical (unpaired) electrons. The van der Waals surface area contributed by atoms with Crippen LogP contribution in [0.25, 0.3) is 0 Å². The molecule has 0 amide bonds. The van der Waals surface area contributed by atoms with Crippen LogP contribution in [0.15, 0.2) is 36.4 Å². The molecule has 0 saturated carbocycles. The fraction of sp³-hybridized carbons (Fsp3) is 0.250. The number of hydrogen-bond donors (Lipinski definition) is 0. The lowest BCUT2D eigenvalue weighted by atomic mass is 10.1. The van der Waals surface area contributed by atoms with Crippen molar-refractivity contribution >= 4 is 5.69 Å². The Labute approximate surface area is 123 Å². The number of hydrogen-bond acceptors (Lipinski definition) is 4. The van der Waals surface area contributed by atoms with E-state index < -0.39 is 4.92 Å². The molecule has 21 heavy (non-hydrogen) atoms. The average Bonchev–Trinajstić information content (AvgIpc) is 2.47. The van der Waals surface area contributed by atoms with E-state index in [1.54, 1.807) is 12.1 Å². The highest BCUT2D eigenvalue weighted by Crippen LogP contribution is 2.28. The minimum absolute atomic E-state index is 0.0560. The number of nitro groups is 1. The minimum Gasteiger partial charge on any atom is -0.490 e. The van der Waals surface area contributed by atoms with E-state index in [9.17, 15) is 10.1 Å². The lowest BCUT2D eigenvalue weighted by molar-refractivity contribution is -0.385. The zero-order chi connectivity index (χ0) is 15.4. The summed E-state index contributed by atoms with van der Waals surface area (Å²) in [7, 11) is 1.41. The molecule has 0 aliphatic rings. The molecule has 0 N–H and O–H groups in total. The van der Waals surface area contributed by atoms with Crippen molar-refractivity contribution in [3.63, 3.8) is 0 Å². The Morgan fingerprint density at radius 3 is 2.52 bits per heavy atom. The van der Waals surface area contributed by atoms with E-state index in [1.807, 2.05) is 32.0 Å². The molecule has 0 aromatic heterocycles. The van der Waals surface area contributed by atoms with E-state index in [4.69, 9.17) is 9.47 Å². The highest BCUT2D eigenvalue weighted by atomic mass is 16.6. The van der Waals surface area contributed by atoms with Crippen LogP contribution in [0, 0.1) is 24.0 Å². The first kappa shape index (κ1) is 14.8. The Morgan fingerprint density at radius 1 is 1.10 bits per heavy atom. The van der Waals surface area contributed by atoms with Crippen LogP contribution in [0.3, 0.4) is 0 Å². The average molecular weight is 287 g/mol. The van der Waals surface area contributed by atoms with Gasteiger partial charge in [-0.05, 0) is 42.7 Å². The van der Waals surface area contributed by atoms with Gasteiger partial charge >= 0.3 is 5.69 Å². The summed E-state index contributed by atoms with van der Waals surface area (Å²) in [4.78, 5) is 10.5. The summed E-state index contributed by atoms with van der Waals surface area (Å²) >= 11 is 0. The van der Waals surface area contributed by atoms with Crippen LogP contribution in [0.4, 0.5) is 5.69 Å². The molecule has 2 aromatic carbocycles. The smallest absolute Gasteiger partial charge is 0.311 e. The second-order valence-corrected chi connectivity index (χ2v) is 4.82. The van der Waals surface area contributed by atoms with Crippen molar-refractivity contribution in [2.75, 3.05) is 7.11 Å². The van der Waals surface area contributed by atoms with Crippen molar-refractivity contribution in [1.29, 1.82) is 0 Å². The molecule has 0 unspecified atom stereocenters. The largest absolute Gasteiger partial charge is 0.490 e. The van der Waals surface area contributed by atoms with E-state index in [-0.39, 0.29) is 18.0 Å². The lowest BCUT2D eigenvalue weighted by Crippen LogP contribution is -2.00. The molecule has 5 heteroatoms. The summed E-state index contributed by atoms with van der Waals surface area (Å²) in [6.45, 7) is 4.23. The van der Waals surface area contributed by atoms with Gasteiger partial charge in [-0.25, -0.2) is 0 Å². The molecule has 110 valence electrons. The van der Waals surface area contributed by atoms with Gasteiger partial charge < -0.3 is 9.47 Å². The number of ether oxygens (including phenoxy) is 2. The normalized spacial score (nSPS) is 10.2. The Hall–Kier alpha value is -2.56. The van der Waals surface area contributed by atoms with E-state index in [0.29, 0.717) is 0 Å². The van der Waals surface area contributed by atoms with Crippen LogP contribution < -0.4 is 9.47 Å². The molecule has 0 saturated heterocycles. The Balaban J connectivity index is 2.18. The first-order valence-electron chi connectivity index (χ1n) is 6.52. The summed E-state index contributed by atoms with van der Waals surface area (Å²) in [5.74, 6) is 1.03. The minimum atomic E-state index is -0.458. The second kappa shape index (κ2) is 6.26. The standard InChI is InChI=1S/C16H17NO4/c1-11-4-5-12(2)16(8-11)21-10-13-6-7-15(20-3)14(9-13)17(18)19/h4-9H,10H2,1-3H3. The Kier molecular flexibility index (Phi) is 4.42. The van der Waals surface area contributed by atoms with Crippen LogP contribution in [0.1, 0.15) is 16.7 Å². The maximum Gasteiger partial charge on any atom is 0.311 e. The second-order valence-electron chi connectivity index (χ2n) is 4.82. The molecule has 5 nitrogen and oxygen atoms in total. The van der Waals surface area contributed by atoms with Crippen LogP contribution >= 0.6 is 0 Å². The first-order chi connectivity index (χ1) is 10.0. The van der Waals surface area contributed by atoms with E-state index in [0.717, 1.165) is 22.4 Å². The number of rotatable bonds is 5. The van der Waals surface area contributed by atoms with Crippen molar-refractivity contribution in [2.24, 2.45) is 0 Å². The van der Waals surface area contributed by atoms with Gasteiger partial charge in [0.1, 0.15) is 12.4 Å². The maximum atomic E-state index is 11.0. The van der Waals surface area contributed by atoms with Gasteiger partial charge in [0.2, 0.25) is 0 Å². The molecule has 0 heterocycles. The molecule has 0 fully saturated rings. The van der Waals surface area contributed by atoms with Crippen LogP contribution in [0.5, 0.6) is 11.5 Å². The third-order valence-corrected chi connectivity index (χ3v) is 3.18. The van der Waals surface area contributed by atoms with Gasteiger partial charge in [0.25, 0.3) is 0 Å². The quantitative estimate of drug-likeness (QED) is 0.620. The van der Waals surface area contributed by atoms with Gasteiger partial charge in [0, 0.05) is 6.07 Å². The van der Waals surface area contributed by atoms with Crippen molar-refractivity contribution in [3.8, 4) is 11.5 Å². The molecule has 2 rings (SSSR count). The predicted octanol–water partition coefficient (Wildman–Crippen LogP) is 3.80. The summed E-state index contributed by atoms with van der Waals surface area (Å²) in [5.41, 5.74) is 2.81. The topological polar surface area (TPSA) is 61.6 Å². The van der Waals surface area contributed by atoms with E-state index >= 15 is 0 Å². The van der Waals surface area contributed by atoms with Crippen molar-refractivity contribution in [3.05, 3.63) is 63.2 Å². The van der Waals surface area contributed by atoms with Gasteiger partial charge in [0.05, 0.1) is 12.0 Å². The fourth-order valence-electron chi connectivity index (χ4n) is 1.99. The third kappa shape index (κ3) is 3.51. The summed E-state index contributed by atoms with van der Waals surface area (Å²) < 4.78 is 10.7. The van der Waals surface area contributed by atoms with Gasteiger partial charge in [-0.1, -0.05) is 18.2 Å². The number of nitro benzene ring substituents is 1. The summed E-state index contributed by atoms with van der Waals surface area (Å²) in [5, 5.41) is 11.0. The van der Waals surface area contributed by atoms with E-state index in [2.05, 4.69) is 0 Å². The highest BCUT2D eigenvalue weighted by Gasteiger charge is 2.15. The van der Waals surface area contributed by atoms with Crippen LogP contribution in [-0.4, -0.2) is 12.0 Å². The number of aryl methyl sites for hydroxylation is 2. The predicted molar refractivity (Wildman–Crippen MR) is 79.9 cm³/mol. The number of methoxy groups -OCH3 is 1. The highest BCUT2D eigenvalue weighted by molar-refractivity contribution is 5.48. The molecular formula is C16H17NO4. The lowest BCUT2D eigenvalue weighted by Gasteiger charge is -2.10.